The van der Waals surface area contributed by atoms with E-state index < -0.39 is 5.54 Å². The van der Waals surface area contributed by atoms with Crippen molar-refractivity contribution in [3.05, 3.63) is 30.1 Å². The molecule has 1 aromatic rings. The van der Waals surface area contributed by atoms with Crippen LogP contribution in [0.15, 0.2) is 24.3 Å². The molecule has 1 unspecified atom stereocenters. The molecule has 102 valence electrons. The van der Waals surface area contributed by atoms with Crippen LogP contribution in [0.3, 0.4) is 0 Å². The highest BCUT2D eigenvalue weighted by Gasteiger charge is 2.46. The first-order chi connectivity index (χ1) is 9.13. The van der Waals surface area contributed by atoms with Gasteiger partial charge in [0, 0.05) is 13.6 Å². The van der Waals surface area contributed by atoms with Gasteiger partial charge in [-0.15, -0.1) is 0 Å². The lowest BCUT2D eigenvalue weighted by atomic mass is 9.94. The molecule has 0 aromatic heterocycles. The van der Waals surface area contributed by atoms with Crippen molar-refractivity contribution >= 4 is 5.69 Å². The van der Waals surface area contributed by atoms with Gasteiger partial charge in [-0.1, -0.05) is 19.1 Å². The third-order valence-electron chi connectivity index (χ3n) is 3.72. The quantitative estimate of drug-likeness (QED) is 0.855. The molecule has 0 aliphatic heterocycles. The minimum absolute atomic E-state index is 0.246. The summed E-state index contributed by atoms with van der Waals surface area (Å²) in [6, 6.07) is 9.11. The van der Waals surface area contributed by atoms with Crippen molar-refractivity contribution in [3.63, 3.8) is 0 Å². The van der Waals surface area contributed by atoms with Crippen molar-refractivity contribution in [2.75, 3.05) is 25.0 Å². The van der Waals surface area contributed by atoms with E-state index in [4.69, 9.17) is 0 Å². The minimum Gasteiger partial charge on any atom is -0.369 e. The SMILES string of the molecule is CCNC(C#N)(CN(C)c1ccccc1F)C1CC1. The van der Waals surface area contributed by atoms with Crippen LogP contribution in [0, 0.1) is 23.1 Å². The van der Waals surface area contributed by atoms with Crippen molar-refractivity contribution < 1.29 is 4.39 Å². The van der Waals surface area contributed by atoms with Gasteiger partial charge in [-0.2, -0.15) is 5.26 Å². The molecule has 1 aromatic carbocycles. The Morgan fingerprint density at radius 1 is 1.47 bits per heavy atom. The number of nitrogens with one attached hydrogen (secondary N) is 1. The Balaban J connectivity index is 2.18. The second kappa shape index (κ2) is 5.58. The molecule has 1 aliphatic rings. The fraction of sp³-hybridized carbons (Fsp3) is 0.533. The van der Waals surface area contributed by atoms with E-state index in [1.807, 2.05) is 24.9 Å². The van der Waals surface area contributed by atoms with Gasteiger partial charge in [0.1, 0.15) is 11.4 Å². The standard InChI is InChI=1S/C15H20FN3/c1-3-18-15(10-17,12-8-9-12)11-19(2)14-7-5-4-6-13(14)16/h4-7,12,18H,3,8-9,11H2,1-2H3. The highest BCUT2D eigenvalue weighted by Crippen LogP contribution is 2.40. The number of anilines is 1. The minimum atomic E-state index is -0.564. The summed E-state index contributed by atoms with van der Waals surface area (Å²) < 4.78 is 13.8. The third kappa shape index (κ3) is 2.87. The topological polar surface area (TPSA) is 39.1 Å². The van der Waals surface area contributed by atoms with Crippen LogP contribution in [-0.4, -0.2) is 25.7 Å². The fourth-order valence-corrected chi connectivity index (χ4v) is 2.61. The van der Waals surface area contributed by atoms with E-state index in [9.17, 15) is 9.65 Å². The van der Waals surface area contributed by atoms with Crippen molar-refractivity contribution in [1.29, 1.82) is 5.26 Å². The molecular formula is C15H20FN3. The molecule has 0 radical (unpaired) electrons. The number of likely N-dealkylation sites (N-methyl/N-ethyl adjacent to an activating group) is 2. The Hall–Kier alpha value is -1.60. The summed E-state index contributed by atoms with van der Waals surface area (Å²) in [5, 5.41) is 12.9. The van der Waals surface area contributed by atoms with Gasteiger partial charge in [0.2, 0.25) is 0 Å². The molecule has 0 heterocycles. The largest absolute Gasteiger partial charge is 0.369 e. The number of hydrogen-bond donors (Lipinski definition) is 1. The van der Waals surface area contributed by atoms with Crippen LogP contribution in [0.2, 0.25) is 0 Å². The maximum absolute atomic E-state index is 13.8. The third-order valence-corrected chi connectivity index (χ3v) is 3.72. The number of halogens is 1. The molecule has 1 atom stereocenters. The number of rotatable bonds is 6. The first-order valence-electron chi connectivity index (χ1n) is 6.75. The van der Waals surface area contributed by atoms with Crippen molar-refractivity contribution in [3.8, 4) is 6.07 Å². The Labute approximate surface area is 114 Å². The second-order valence-electron chi connectivity index (χ2n) is 5.20. The summed E-state index contributed by atoms with van der Waals surface area (Å²) in [6.07, 6.45) is 2.15. The summed E-state index contributed by atoms with van der Waals surface area (Å²) in [5.41, 5.74) is -0.0214. The van der Waals surface area contributed by atoms with Crippen LogP contribution in [0.5, 0.6) is 0 Å². The maximum Gasteiger partial charge on any atom is 0.146 e. The molecule has 0 spiro atoms. The van der Waals surface area contributed by atoms with Crippen molar-refractivity contribution in [2.24, 2.45) is 5.92 Å². The predicted octanol–water partition coefficient (Wildman–Crippen LogP) is 2.54. The summed E-state index contributed by atoms with van der Waals surface area (Å²) in [5.74, 6) is 0.135. The first-order valence-corrected chi connectivity index (χ1v) is 6.75. The highest BCUT2D eigenvalue weighted by molar-refractivity contribution is 5.48. The summed E-state index contributed by atoms with van der Waals surface area (Å²) in [4.78, 5) is 1.83. The van der Waals surface area contributed by atoms with Gasteiger partial charge in [-0.3, -0.25) is 5.32 Å². The van der Waals surface area contributed by atoms with Crippen LogP contribution < -0.4 is 10.2 Å². The van der Waals surface area contributed by atoms with E-state index >= 15 is 0 Å². The first kappa shape index (κ1) is 13.8. The predicted molar refractivity (Wildman–Crippen MR) is 74.4 cm³/mol. The lowest BCUT2D eigenvalue weighted by Crippen LogP contribution is -2.54. The highest BCUT2D eigenvalue weighted by atomic mass is 19.1. The monoisotopic (exact) mass is 261 g/mol. The molecule has 1 N–H and O–H groups in total. The molecule has 3 nitrogen and oxygen atoms in total. The lowest BCUT2D eigenvalue weighted by molar-refractivity contribution is 0.376. The molecule has 0 amide bonds. The summed E-state index contributed by atoms with van der Waals surface area (Å²) in [6.45, 7) is 3.25. The summed E-state index contributed by atoms with van der Waals surface area (Å²) >= 11 is 0. The Kier molecular flexibility index (Phi) is 4.06. The van der Waals surface area contributed by atoms with Gasteiger partial charge in [0.05, 0.1) is 11.8 Å². The average molecular weight is 261 g/mol. The van der Waals surface area contributed by atoms with Crippen LogP contribution in [0.25, 0.3) is 0 Å². The van der Waals surface area contributed by atoms with Gasteiger partial charge in [0.15, 0.2) is 0 Å². The van der Waals surface area contributed by atoms with E-state index in [-0.39, 0.29) is 5.82 Å². The number of para-hydroxylation sites is 1. The van der Waals surface area contributed by atoms with Gasteiger partial charge >= 0.3 is 0 Å². The molecule has 1 aliphatic carbocycles. The van der Waals surface area contributed by atoms with Crippen molar-refractivity contribution in [2.45, 2.75) is 25.3 Å². The van der Waals surface area contributed by atoms with Gasteiger partial charge in [0.25, 0.3) is 0 Å². The second-order valence-corrected chi connectivity index (χ2v) is 5.20. The molecule has 2 rings (SSSR count). The number of nitrogens with zero attached hydrogens (tertiary/aromatic N) is 2. The Bertz CT molecular complexity index is 479. The zero-order valence-electron chi connectivity index (χ0n) is 11.5. The molecule has 0 saturated heterocycles. The zero-order chi connectivity index (χ0) is 13.9. The van der Waals surface area contributed by atoms with Gasteiger partial charge < -0.3 is 4.90 Å². The molecule has 0 bridgehead atoms. The lowest BCUT2D eigenvalue weighted by Gasteiger charge is -2.33. The van der Waals surface area contributed by atoms with E-state index in [0.29, 0.717) is 18.2 Å². The smallest absolute Gasteiger partial charge is 0.146 e. The molecule has 1 saturated carbocycles. The van der Waals surface area contributed by atoms with E-state index in [0.717, 1.165) is 19.4 Å². The van der Waals surface area contributed by atoms with Crippen LogP contribution in [-0.2, 0) is 0 Å². The van der Waals surface area contributed by atoms with Gasteiger partial charge in [-0.25, -0.2) is 4.39 Å². The Morgan fingerprint density at radius 3 is 2.68 bits per heavy atom. The maximum atomic E-state index is 13.8. The number of benzene rings is 1. The molecule has 1 fully saturated rings. The zero-order valence-corrected chi connectivity index (χ0v) is 11.5. The fourth-order valence-electron chi connectivity index (χ4n) is 2.61. The Morgan fingerprint density at radius 2 is 2.16 bits per heavy atom. The molecular weight excluding hydrogens is 241 g/mol. The van der Waals surface area contributed by atoms with E-state index in [1.165, 1.54) is 6.07 Å². The normalized spacial score (nSPS) is 17.6. The number of hydrogen-bond acceptors (Lipinski definition) is 3. The van der Waals surface area contributed by atoms with Crippen LogP contribution in [0.1, 0.15) is 19.8 Å². The van der Waals surface area contributed by atoms with E-state index in [2.05, 4.69) is 11.4 Å². The van der Waals surface area contributed by atoms with Crippen LogP contribution in [0.4, 0.5) is 10.1 Å². The molecule has 4 heteroatoms. The summed E-state index contributed by atoms with van der Waals surface area (Å²) in [7, 11) is 1.84. The molecule has 19 heavy (non-hydrogen) atoms. The van der Waals surface area contributed by atoms with Crippen molar-refractivity contribution in [1.82, 2.24) is 5.32 Å². The average Bonchev–Trinajstić information content (AvgIpc) is 3.23. The number of nitriles is 1. The van der Waals surface area contributed by atoms with E-state index in [1.54, 1.807) is 12.1 Å². The van der Waals surface area contributed by atoms with Crippen LogP contribution >= 0.6 is 0 Å². The van der Waals surface area contributed by atoms with Gasteiger partial charge in [-0.05, 0) is 37.4 Å².